The highest BCUT2D eigenvalue weighted by Gasteiger charge is 2.26. The third kappa shape index (κ3) is 49.8. The van der Waals surface area contributed by atoms with Crippen molar-refractivity contribution in [2.24, 2.45) is 0 Å². The Morgan fingerprint density at radius 1 is 0.375 bits per heavy atom. The number of hydrogen-bond donors (Lipinski definition) is 0. The molecule has 0 heterocycles. The monoisotopic (exact) mass is 906 g/mol. The van der Waals surface area contributed by atoms with E-state index in [1.807, 2.05) is 0 Å². The van der Waals surface area contributed by atoms with Gasteiger partial charge in [-0.2, -0.15) is 0 Å². The van der Waals surface area contributed by atoms with E-state index in [2.05, 4.69) is 27.9 Å². The number of carbonyl (C=O) groups is 3. The largest absolute Gasteiger partial charge is 0.550 e. The Kier molecular flexibility index (Phi) is 48.0. The van der Waals surface area contributed by atoms with E-state index in [0.29, 0.717) is 19.4 Å². The Labute approximate surface area is 399 Å². The number of likely N-dealkylation sites (N-methyl/N-ethyl adjacent to an activating group) is 1. The quantitative estimate of drug-likeness (QED) is 0.0343. The molecule has 1 unspecified atom stereocenters. The number of quaternary nitrogens is 1. The lowest BCUT2D eigenvalue weighted by atomic mass is 10.0. The third-order valence-electron chi connectivity index (χ3n) is 13.5. The molecule has 0 fully saturated rings. The molecule has 0 bridgehead atoms. The summed E-state index contributed by atoms with van der Waals surface area (Å²) >= 11 is 0. The van der Waals surface area contributed by atoms with Gasteiger partial charge in [-0.25, -0.2) is 0 Å². The minimum atomic E-state index is -0.918. The average Bonchev–Trinajstić information content (AvgIpc) is 3.26. The number of esters is 2. The lowest BCUT2D eigenvalue weighted by molar-refractivity contribution is -0.893. The fraction of sp³-hybridized carbons (Fsp3) is 0.947. The summed E-state index contributed by atoms with van der Waals surface area (Å²) in [7, 11) is 4.46. The zero-order valence-electron chi connectivity index (χ0n) is 43.6. The zero-order chi connectivity index (χ0) is 46.9. The lowest BCUT2D eigenvalue weighted by Crippen LogP contribution is -2.48. The van der Waals surface area contributed by atoms with Gasteiger partial charge in [-0.3, -0.25) is 9.59 Å². The molecule has 0 saturated carbocycles. The van der Waals surface area contributed by atoms with Crippen LogP contribution in [0.3, 0.4) is 0 Å². The van der Waals surface area contributed by atoms with Crippen LogP contribution < -0.4 is 5.11 Å². The van der Waals surface area contributed by atoms with Crippen molar-refractivity contribution in [2.75, 3.05) is 33.8 Å². The first-order valence-electron chi connectivity index (χ1n) is 28.6. The Hall–Kier alpha value is -1.63. The van der Waals surface area contributed by atoms with Gasteiger partial charge < -0.3 is 23.9 Å². The molecule has 0 spiro atoms. The molecule has 7 nitrogen and oxygen atoms in total. The van der Waals surface area contributed by atoms with E-state index in [1.54, 1.807) is 0 Å². The van der Waals surface area contributed by atoms with Crippen molar-refractivity contribution in [2.45, 2.75) is 315 Å². The number of rotatable bonds is 53. The summed E-state index contributed by atoms with van der Waals surface area (Å²) in [5, 5.41) is 10.5. The molecule has 0 amide bonds. The van der Waals surface area contributed by atoms with Gasteiger partial charge in [0.05, 0.1) is 20.6 Å². The SMILES string of the molecule is CCCCCCCCCCCCCCCC(=O)OCC(C[N+](C)(C)CCCCCCCCCCCCCCCCCCCC(=O)[O-])OC(=O)CCCCCCCCCCCCCCC. The first kappa shape index (κ1) is 62.4. The lowest BCUT2D eigenvalue weighted by Gasteiger charge is -2.33. The Morgan fingerprint density at radius 3 is 0.953 bits per heavy atom. The van der Waals surface area contributed by atoms with Gasteiger partial charge in [0, 0.05) is 18.8 Å². The number of nitrogens with zero attached hydrogens (tertiary/aromatic N) is 1. The van der Waals surface area contributed by atoms with Gasteiger partial charge in [0.15, 0.2) is 6.10 Å². The van der Waals surface area contributed by atoms with Crippen LogP contribution in [-0.4, -0.2) is 62.3 Å². The first-order valence-corrected chi connectivity index (χ1v) is 28.6. The Bertz CT molecular complexity index is 1000. The summed E-state index contributed by atoms with van der Waals surface area (Å²) in [6.45, 7) is 6.42. The molecule has 0 aromatic heterocycles. The minimum absolute atomic E-state index is 0.141. The number of hydrogen-bond acceptors (Lipinski definition) is 6. The van der Waals surface area contributed by atoms with Gasteiger partial charge in [-0.05, 0) is 38.5 Å². The number of carboxylic acids is 1. The second-order valence-electron chi connectivity index (χ2n) is 20.8. The average molecular weight is 907 g/mol. The smallest absolute Gasteiger partial charge is 0.306 e. The second kappa shape index (κ2) is 49.3. The highest BCUT2D eigenvalue weighted by atomic mass is 16.6. The van der Waals surface area contributed by atoms with Crippen LogP contribution in [0.15, 0.2) is 0 Å². The molecular formula is C57H111NO6. The van der Waals surface area contributed by atoms with Gasteiger partial charge in [-0.15, -0.1) is 0 Å². The molecule has 64 heavy (non-hydrogen) atoms. The van der Waals surface area contributed by atoms with Crippen molar-refractivity contribution in [3.8, 4) is 0 Å². The van der Waals surface area contributed by atoms with Crippen LogP contribution in [0.1, 0.15) is 309 Å². The van der Waals surface area contributed by atoms with Crippen molar-refractivity contribution in [1.29, 1.82) is 0 Å². The maximum Gasteiger partial charge on any atom is 0.306 e. The normalized spacial score (nSPS) is 12.2. The van der Waals surface area contributed by atoms with Crippen LogP contribution in [-0.2, 0) is 23.9 Å². The summed E-state index contributed by atoms with van der Waals surface area (Å²) in [4.78, 5) is 36.3. The van der Waals surface area contributed by atoms with Crippen molar-refractivity contribution >= 4 is 17.9 Å². The number of aliphatic carboxylic acids is 1. The van der Waals surface area contributed by atoms with Crippen LogP contribution in [0.4, 0.5) is 0 Å². The first-order chi connectivity index (χ1) is 31.2. The molecule has 7 heteroatoms. The van der Waals surface area contributed by atoms with E-state index >= 15 is 0 Å². The highest BCUT2D eigenvalue weighted by Crippen LogP contribution is 2.18. The van der Waals surface area contributed by atoms with E-state index in [0.717, 1.165) is 62.4 Å². The fourth-order valence-corrected chi connectivity index (χ4v) is 9.30. The molecule has 0 saturated heterocycles. The van der Waals surface area contributed by atoms with Crippen LogP contribution in [0.25, 0.3) is 0 Å². The summed E-state index contributed by atoms with van der Waals surface area (Å²) in [6.07, 6.45) is 55.2. The van der Waals surface area contributed by atoms with E-state index < -0.39 is 12.1 Å². The molecule has 0 aliphatic carbocycles. The van der Waals surface area contributed by atoms with Gasteiger partial charge in [-0.1, -0.05) is 258 Å². The van der Waals surface area contributed by atoms with E-state index in [9.17, 15) is 19.5 Å². The summed E-state index contributed by atoms with van der Waals surface area (Å²) in [6, 6.07) is 0. The van der Waals surface area contributed by atoms with E-state index in [4.69, 9.17) is 9.47 Å². The molecule has 0 aliphatic rings. The highest BCUT2D eigenvalue weighted by molar-refractivity contribution is 5.70. The fourth-order valence-electron chi connectivity index (χ4n) is 9.30. The van der Waals surface area contributed by atoms with Crippen LogP contribution in [0.2, 0.25) is 0 Å². The van der Waals surface area contributed by atoms with Gasteiger partial charge >= 0.3 is 11.9 Å². The van der Waals surface area contributed by atoms with Crippen LogP contribution in [0.5, 0.6) is 0 Å². The van der Waals surface area contributed by atoms with Crippen molar-refractivity contribution in [1.82, 2.24) is 0 Å². The predicted octanol–water partition coefficient (Wildman–Crippen LogP) is 16.3. The third-order valence-corrected chi connectivity index (χ3v) is 13.5. The van der Waals surface area contributed by atoms with Gasteiger partial charge in [0.1, 0.15) is 13.2 Å². The molecule has 1 atom stereocenters. The van der Waals surface area contributed by atoms with Gasteiger partial charge in [0.25, 0.3) is 0 Å². The maximum atomic E-state index is 13.1. The molecule has 0 aliphatic heterocycles. The van der Waals surface area contributed by atoms with Crippen molar-refractivity contribution in [3.05, 3.63) is 0 Å². The second-order valence-corrected chi connectivity index (χ2v) is 20.8. The number of carbonyl (C=O) groups excluding carboxylic acids is 3. The summed E-state index contributed by atoms with van der Waals surface area (Å²) in [5.41, 5.74) is 0. The molecule has 0 aromatic rings. The summed E-state index contributed by atoms with van der Waals surface area (Å²) in [5.74, 6) is -1.21. The van der Waals surface area contributed by atoms with Crippen LogP contribution in [0, 0.1) is 0 Å². The van der Waals surface area contributed by atoms with Crippen molar-refractivity contribution < 1.29 is 33.4 Å². The van der Waals surface area contributed by atoms with Crippen LogP contribution >= 0.6 is 0 Å². The Morgan fingerprint density at radius 2 is 0.641 bits per heavy atom. The maximum absolute atomic E-state index is 13.1. The molecule has 0 N–H and O–H groups in total. The molecule has 380 valence electrons. The molecular weight excluding hydrogens is 795 g/mol. The Balaban J connectivity index is 4.38. The minimum Gasteiger partial charge on any atom is -0.550 e. The number of unbranched alkanes of at least 4 members (excludes halogenated alkanes) is 40. The molecule has 0 rings (SSSR count). The van der Waals surface area contributed by atoms with E-state index in [1.165, 1.54) is 225 Å². The predicted molar refractivity (Wildman–Crippen MR) is 271 cm³/mol. The summed E-state index contributed by atoms with van der Waals surface area (Å²) < 4.78 is 12.6. The molecule has 0 aromatic carbocycles. The van der Waals surface area contributed by atoms with E-state index in [-0.39, 0.29) is 25.0 Å². The standard InChI is InChI=1S/C57H111NO6/c1-5-7-9-11-13-15-17-24-29-33-37-41-45-49-56(61)63-53-54(64-57(62)50-46-42-38-34-30-25-18-16-14-12-10-8-6-2)52-58(3,4)51-47-43-39-35-31-27-23-21-19-20-22-26-28-32-36-40-44-48-55(59)60/h54H,5-53H2,1-4H3. The topological polar surface area (TPSA) is 92.7 Å². The molecule has 0 radical (unpaired) electrons. The number of carboxylic acid groups (broad SMARTS) is 1. The van der Waals surface area contributed by atoms with Gasteiger partial charge in [0.2, 0.25) is 0 Å². The number of ether oxygens (including phenoxy) is 2. The van der Waals surface area contributed by atoms with Crippen molar-refractivity contribution in [3.63, 3.8) is 0 Å². The zero-order valence-corrected chi connectivity index (χ0v) is 43.6.